The van der Waals surface area contributed by atoms with Gasteiger partial charge in [-0.25, -0.2) is 0 Å². The third-order valence-corrected chi connectivity index (χ3v) is 1.90. The number of hydrogen-bond donors (Lipinski definition) is 2. The molecular weight excluding hydrogens is 180 g/mol. The molecule has 0 saturated carbocycles. The molecule has 0 spiro atoms. The zero-order valence-corrected chi connectivity index (χ0v) is 9.38. The van der Waals surface area contributed by atoms with E-state index in [4.69, 9.17) is 10.5 Å². The van der Waals surface area contributed by atoms with E-state index in [0.29, 0.717) is 6.10 Å². The summed E-state index contributed by atoms with van der Waals surface area (Å²) in [4.78, 5) is 10.6. The van der Waals surface area contributed by atoms with Crippen molar-refractivity contribution in [3.05, 3.63) is 0 Å². The van der Waals surface area contributed by atoms with Gasteiger partial charge < -0.3 is 15.8 Å². The smallest absolute Gasteiger partial charge is 0.234 e. The first-order valence-corrected chi connectivity index (χ1v) is 5.18. The number of hydrogen-bond acceptors (Lipinski definition) is 3. The summed E-state index contributed by atoms with van der Waals surface area (Å²) in [6, 6.07) is -0.235. The minimum Gasteiger partial charge on any atom is -0.379 e. The second-order valence-electron chi connectivity index (χ2n) is 3.70. The highest BCUT2D eigenvalue weighted by Crippen LogP contribution is 1.93. The Morgan fingerprint density at radius 2 is 2.00 bits per heavy atom. The van der Waals surface area contributed by atoms with Gasteiger partial charge in [0.2, 0.25) is 5.91 Å². The fourth-order valence-corrected chi connectivity index (χ4v) is 0.965. The number of nitrogens with one attached hydrogen (secondary N) is 1. The van der Waals surface area contributed by atoms with Gasteiger partial charge in [-0.2, -0.15) is 0 Å². The number of primary amides is 1. The molecule has 4 nitrogen and oxygen atoms in total. The standard InChI is InChI=1S/C10H22N2O2/c1-8(2)14-7-5-4-6-12-9(3)10(11)13/h8-9,12H,4-7H2,1-3H3,(H2,11,13). The molecule has 3 N–H and O–H groups in total. The quantitative estimate of drug-likeness (QED) is 0.568. The molecule has 0 fully saturated rings. The third kappa shape index (κ3) is 8.01. The van der Waals surface area contributed by atoms with Crippen LogP contribution in [0, 0.1) is 0 Å². The van der Waals surface area contributed by atoms with Crippen LogP contribution in [-0.4, -0.2) is 31.2 Å². The predicted octanol–water partition coefficient (Wildman–Crippen LogP) is 0.655. The number of ether oxygens (including phenoxy) is 1. The van der Waals surface area contributed by atoms with Gasteiger partial charge in [0.05, 0.1) is 12.1 Å². The molecule has 0 aromatic carbocycles. The van der Waals surface area contributed by atoms with Crippen molar-refractivity contribution in [3.63, 3.8) is 0 Å². The van der Waals surface area contributed by atoms with Crippen LogP contribution in [0.5, 0.6) is 0 Å². The second kappa shape index (κ2) is 7.76. The maximum absolute atomic E-state index is 10.6. The summed E-state index contributed by atoms with van der Waals surface area (Å²) in [6.07, 6.45) is 2.31. The summed E-state index contributed by atoms with van der Waals surface area (Å²) >= 11 is 0. The van der Waals surface area contributed by atoms with E-state index >= 15 is 0 Å². The summed E-state index contributed by atoms with van der Waals surface area (Å²) in [6.45, 7) is 7.41. The normalized spacial score (nSPS) is 13.1. The molecule has 14 heavy (non-hydrogen) atoms. The molecule has 1 atom stereocenters. The van der Waals surface area contributed by atoms with Crippen molar-refractivity contribution in [2.24, 2.45) is 5.73 Å². The average molecular weight is 202 g/mol. The van der Waals surface area contributed by atoms with Gasteiger partial charge in [-0.15, -0.1) is 0 Å². The molecule has 0 saturated heterocycles. The van der Waals surface area contributed by atoms with Crippen LogP contribution < -0.4 is 11.1 Å². The minimum atomic E-state index is -0.302. The molecule has 0 radical (unpaired) electrons. The van der Waals surface area contributed by atoms with Crippen molar-refractivity contribution < 1.29 is 9.53 Å². The zero-order valence-electron chi connectivity index (χ0n) is 9.38. The van der Waals surface area contributed by atoms with E-state index in [9.17, 15) is 4.79 Å². The monoisotopic (exact) mass is 202 g/mol. The Bertz CT molecular complexity index is 160. The lowest BCUT2D eigenvalue weighted by molar-refractivity contribution is -0.119. The summed E-state index contributed by atoms with van der Waals surface area (Å²) in [7, 11) is 0. The van der Waals surface area contributed by atoms with Gasteiger partial charge in [-0.05, 0) is 40.2 Å². The van der Waals surface area contributed by atoms with Crippen LogP contribution in [0.4, 0.5) is 0 Å². The van der Waals surface area contributed by atoms with Crippen LogP contribution in [-0.2, 0) is 9.53 Å². The first kappa shape index (κ1) is 13.4. The van der Waals surface area contributed by atoms with Crippen LogP contribution in [0.25, 0.3) is 0 Å². The molecule has 4 heteroatoms. The lowest BCUT2D eigenvalue weighted by Crippen LogP contribution is -2.39. The maximum Gasteiger partial charge on any atom is 0.234 e. The molecule has 0 aliphatic carbocycles. The molecule has 0 aliphatic rings. The van der Waals surface area contributed by atoms with E-state index in [-0.39, 0.29) is 11.9 Å². The van der Waals surface area contributed by atoms with Crippen LogP contribution in [0.15, 0.2) is 0 Å². The Morgan fingerprint density at radius 3 is 2.50 bits per heavy atom. The Morgan fingerprint density at radius 1 is 1.36 bits per heavy atom. The molecule has 0 aromatic heterocycles. The van der Waals surface area contributed by atoms with Gasteiger partial charge in [0.1, 0.15) is 0 Å². The van der Waals surface area contributed by atoms with E-state index in [0.717, 1.165) is 26.0 Å². The van der Waals surface area contributed by atoms with E-state index in [2.05, 4.69) is 5.32 Å². The van der Waals surface area contributed by atoms with Crippen molar-refractivity contribution in [2.45, 2.75) is 45.8 Å². The van der Waals surface area contributed by atoms with Crippen molar-refractivity contribution in [1.82, 2.24) is 5.32 Å². The number of unbranched alkanes of at least 4 members (excludes halogenated alkanes) is 1. The summed E-state index contributed by atoms with van der Waals surface area (Å²) in [5, 5.41) is 3.04. The molecule has 0 aliphatic heterocycles. The van der Waals surface area contributed by atoms with E-state index < -0.39 is 0 Å². The predicted molar refractivity (Wildman–Crippen MR) is 57.0 cm³/mol. The summed E-state index contributed by atoms with van der Waals surface area (Å²) < 4.78 is 5.38. The van der Waals surface area contributed by atoms with Gasteiger partial charge in [-0.3, -0.25) is 4.79 Å². The molecule has 1 unspecified atom stereocenters. The second-order valence-corrected chi connectivity index (χ2v) is 3.70. The van der Waals surface area contributed by atoms with Crippen LogP contribution in [0.1, 0.15) is 33.6 Å². The average Bonchev–Trinajstić information content (AvgIpc) is 2.09. The summed E-state index contributed by atoms with van der Waals surface area (Å²) in [5.74, 6) is -0.302. The highest BCUT2D eigenvalue weighted by atomic mass is 16.5. The minimum absolute atomic E-state index is 0.235. The highest BCUT2D eigenvalue weighted by Gasteiger charge is 2.05. The lowest BCUT2D eigenvalue weighted by atomic mass is 10.3. The van der Waals surface area contributed by atoms with E-state index in [1.54, 1.807) is 6.92 Å². The Labute approximate surface area is 86.2 Å². The third-order valence-electron chi connectivity index (χ3n) is 1.90. The zero-order chi connectivity index (χ0) is 11.0. The van der Waals surface area contributed by atoms with E-state index in [1.165, 1.54) is 0 Å². The number of nitrogens with two attached hydrogens (primary N) is 1. The van der Waals surface area contributed by atoms with Crippen molar-refractivity contribution in [1.29, 1.82) is 0 Å². The van der Waals surface area contributed by atoms with Gasteiger partial charge in [0, 0.05) is 6.61 Å². The maximum atomic E-state index is 10.6. The van der Waals surface area contributed by atoms with Crippen molar-refractivity contribution >= 4 is 5.91 Å². The van der Waals surface area contributed by atoms with E-state index in [1.807, 2.05) is 13.8 Å². The van der Waals surface area contributed by atoms with Gasteiger partial charge in [0.15, 0.2) is 0 Å². The van der Waals surface area contributed by atoms with Crippen LogP contribution >= 0.6 is 0 Å². The molecule has 0 rings (SSSR count). The largest absolute Gasteiger partial charge is 0.379 e. The molecule has 1 amide bonds. The number of carbonyl (C=O) groups is 1. The Balaban J connectivity index is 3.17. The molecule has 0 heterocycles. The van der Waals surface area contributed by atoms with Gasteiger partial charge in [-0.1, -0.05) is 0 Å². The topological polar surface area (TPSA) is 64.3 Å². The van der Waals surface area contributed by atoms with Crippen molar-refractivity contribution in [3.8, 4) is 0 Å². The fraction of sp³-hybridized carbons (Fsp3) is 0.900. The van der Waals surface area contributed by atoms with Crippen LogP contribution in [0.3, 0.4) is 0 Å². The molecular formula is C10H22N2O2. The number of amides is 1. The number of carbonyl (C=O) groups excluding carboxylic acids is 1. The highest BCUT2D eigenvalue weighted by molar-refractivity contribution is 5.79. The summed E-state index contributed by atoms with van der Waals surface area (Å²) in [5.41, 5.74) is 5.09. The fourth-order valence-electron chi connectivity index (χ4n) is 0.965. The number of rotatable bonds is 8. The molecule has 0 aromatic rings. The molecule has 84 valence electrons. The van der Waals surface area contributed by atoms with Crippen LogP contribution in [0.2, 0.25) is 0 Å². The van der Waals surface area contributed by atoms with Gasteiger partial charge in [0.25, 0.3) is 0 Å². The Kier molecular flexibility index (Phi) is 7.42. The van der Waals surface area contributed by atoms with Gasteiger partial charge >= 0.3 is 0 Å². The SMILES string of the molecule is CC(C)OCCCCNC(C)C(N)=O. The first-order chi connectivity index (χ1) is 6.54. The lowest BCUT2D eigenvalue weighted by Gasteiger charge is -2.10. The molecule has 0 bridgehead atoms. The Hall–Kier alpha value is -0.610. The van der Waals surface area contributed by atoms with Crippen molar-refractivity contribution in [2.75, 3.05) is 13.2 Å². The first-order valence-electron chi connectivity index (χ1n) is 5.18.